The van der Waals surface area contributed by atoms with E-state index >= 15 is 0 Å². The lowest BCUT2D eigenvalue weighted by molar-refractivity contribution is -0.174. The largest absolute Gasteiger partial charge is 0.465 e. The van der Waals surface area contributed by atoms with Crippen LogP contribution in [-0.4, -0.2) is 25.2 Å². The zero-order chi connectivity index (χ0) is 18.4. The summed E-state index contributed by atoms with van der Waals surface area (Å²) in [5, 5.41) is 0. The van der Waals surface area contributed by atoms with Crippen molar-refractivity contribution in [3.63, 3.8) is 0 Å². The van der Waals surface area contributed by atoms with Gasteiger partial charge in [0.05, 0.1) is 13.2 Å². The van der Waals surface area contributed by atoms with E-state index in [-0.39, 0.29) is 25.0 Å². The zero-order valence-corrected chi connectivity index (χ0v) is 15.2. The average molecular weight is 342 g/mol. The van der Waals surface area contributed by atoms with Crippen LogP contribution in [0.4, 0.5) is 0 Å². The maximum Gasteiger partial charge on any atom is 0.324 e. The van der Waals surface area contributed by atoms with Crippen LogP contribution in [0.25, 0.3) is 6.08 Å². The van der Waals surface area contributed by atoms with E-state index in [1.54, 1.807) is 19.9 Å². The summed E-state index contributed by atoms with van der Waals surface area (Å²) in [6.07, 6.45) is 4.16. The number of carbonyl (C=O) groups excluding carboxylic acids is 2. The number of rotatable bonds is 6. The van der Waals surface area contributed by atoms with E-state index < -0.39 is 17.4 Å². The highest BCUT2D eigenvalue weighted by Crippen LogP contribution is 2.52. The highest BCUT2D eigenvalue weighted by molar-refractivity contribution is 6.02. The van der Waals surface area contributed by atoms with Crippen molar-refractivity contribution in [2.45, 2.75) is 27.2 Å². The minimum absolute atomic E-state index is 0.0796. The fourth-order valence-electron chi connectivity index (χ4n) is 3.56. The molecule has 25 heavy (non-hydrogen) atoms. The first-order chi connectivity index (χ1) is 12.0. The SMILES string of the molecule is C=CC1CC(C(=O)OCC)(C(=O)OCC)[C@@H](C)/C1=C\c1ccccc1. The van der Waals surface area contributed by atoms with Gasteiger partial charge in [-0.15, -0.1) is 6.58 Å². The van der Waals surface area contributed by atoms with E-state index in [1.165, 1.54) is 0 Å². The van der Waals surface area contributed by atoms with Gasteiger partial charge in [-0.2, -0.15) is 0 Å². The number of carbonyl (C=O) groups is 2. The van der Waals surface area contributed by atoms with Crippen LogP contribution in [-0.2, 0) is 19.1 Å². The van der Waals surface area contributed by atoms with Gasteiger partial charge in [-0.05, 0) is 31.7 Å². The molecule has 2 rings (SSSR count). The van der Waals surface area contributed by atoms with Gasteiger partial charge in [0.2, 0.25) is 0 Å². The summed E-state index contributed by atoms with van der Waals surface area (Å²) in [6, 6.07) is 9.85. The summed E-state index contributed by atoms with van der Waals surface area (Å²) < 4.78 is 10.5. The third-order valence-corrected chi connectivity index (χ3v) is 4.91. The maximum atomic E-state index is 12.8. The number of allylic oxidation sites excluding steroid dienone is 2. The Morgan fingerprint density at radius 3 is 2.20 bits per heavy atom. The van der Waals surface area contributed by atoms with E-state index in [4.69, 9.17) is 9.47 Å². The van der Waals surface area contributed by atoms with E-state index in [2.05, 4.69) is 6.58 Å². The van der Waals surface area contributed by atoms with Crippen LogP contribution in [0.3, 0.4) is 0 Å². The molecule has 2 atom stereocenters. The quantitative estimate of drug-likeness (QED) is 0.445. The summed E-state index contributed by atoms with van der Waals surface area (Å²) in [6.45, 7) is 9.72. The Morgan fingerprint density at radius 1 is 1.16 bits per heavy atom. The topological polar surface area (TPSA) is 52.6 Å². The lowest BCUT2D eigenvalue weighted by Gasteiger charge is -2.28. The molecule has 0 aliphatic heterocycles. The Kier molecular flexibility index (Phi) is 6.18. The first-order valence-corrected chi connectivity index (χ1v) is 8.74. The van der Waals surface area contributed by atoms with Crippen LogP contribution in [0.1, 0.15) is 32.8 Å². The summed E-state index contributed by atoms with van der Waals surface area (Å²) in [5.41, 5.74) is 0.716. The molecular weight excluding hydrogens is 316 g/mol. The van der Waals surface area contributed by atoms with Gasteiger partial charge in [0.25, 0.3) is 0 Å². The van der Waals surface area contributed by atoms with Gasteiger partial charge in [0.15, 0.2) is 5.41 Å². The van der Waals surface area contributed by atoms with Gasteiger partial charge in [-0.25, -0.2) is 0 Å². The molecule has 4 heteroatoms. The average Bonchev–Trinajstić information content (AvgIpc) is 2.90. The van der Waals surface area contributed by atoms with Crippen LogP contribution in [0.5, 0.6) is 0 Å². The molecule has 0 radical (unpaired) electrons. The van der Waals surface area contributed by atoms with Crippen LogP contribution in [0.2, 0.25) is 0 Å². The normalized spacial score (nSPS) is 23.2. The van der Waals surface area contributed by atoms with E-state index in [0.29, 0.717) is 6.42 Å². The highest BCUT2D eigenvalue weighted by atomic mass is 16.6. The molecule has 1 aromatic carbocycles. The van der Waals surface area contributed by atoms with Gasteiger partial charge in [-0.1, -0.05) is 55.0 Å². The number of esters is 2. The minimum atomic E-state index is -1.31. The zero-order valence-electron chi connectivity index (χ0n) is 15.2. The lowest BCUT2D eigenvalue weighted by atomic mass is 9.77. The molecule has 0 heterocycles. The Labute approximate surface area is 149 Å². The fraction of sp³-hybridized carbons (Fsp3) is 0.429. The molecule has 0 aromatic heterocycles. The second-order valence-corrected chi connectivity index (χ2v) is 6.24. The third-order valence-electron chi connectivity index (χ3n) is 4.91. The molecular formula is C21H26O4. The first kappa shape index (κ1) is 19.0. The number of hydrogen-bond donors (Lipinski definition) is 0. The molecule has 1 aromatic rings. The van der Waals surface area contributed by atoms with Crippen molar-refractivity contribution in [1.29, 1.82) is 0 Å². The molecule has 4 nitrogen and oxygen atoms in total. The number of hydrogen-bond acceptors (Lipinski definition) is 4. The predicted octanol–water partition coefficient (Wildman–Crippen LogP) is 4.02. The van der Waals surface area contributed by atoms with Gasteiger partial charge >= 0.3 is 11.9 Å². The van der Waals surface area contributed by atoms with Gasteiger partial charge in [0.1, 0.15) is 0 Å². The third kappa shape index (κ3) is 3.53. The molecule has 0 N–H and O–H groups in total. The van der Waals surface area contributed by atoms with Crippen molar-refractivity contribution in [3.8, 4) is 0 Å². The molecule has 1 unspecified atom stereocenters. The van der Waals surface area contributed by atoms with Crippen LogP contribution >= 0.6 is 0 Å². The molecule has 0 bridgehead atoms. The molecule has 1 aliphatic rings. The van der Waals surface area contributed by atoms with Crippen molar-refractivity contribution in [2.75, 3.05) is 13.2 Å². The van der Waals surface area contributed by atoms with Crippen LogP contribution in [0, 0.1) is 17.3 Å². The van der Waals surface area contributed by atoms with E-state index in [1.807, 2.05) is 43.3 Å². The molecule has 0 saturated heterocycles. The fourth-order valence-corrected chi connectivity index (χ4v) is 3.56. The molecule has 1 saturated carbocycles. The number of benzene rings is 1. The van der Waals surface area contributed by atoms with Crippen molar-refractivity contribution in [2.24, 2.45) is 17.3 Å². The van der Waals surface area contributed by atoms with E-state index in [0.717, 1.165) is 11.1 Å². The lowest BCUT2D eigenvalue weighted by Crippen LogP contribution is -2.44. The smallest absolute Gasteiger partial charge is 0.324 e. The Bertz CT molecular complexity index is 642. The van der Waals surface area contributed by atoms with Crippen molar-refractivity contribution >= 4 is 18.0 Å². The van der Waals surface area contributed by atoms with Gasteiger partial charge in [0, 0.05) is 5.92 Å². The molecule has 0 amide bonds. The molecule has 0 spiro atoms. The molecule has 1 fully saturated rings. The second kappa shape index (κ2) is 8.15. The Balaban J connectivity index is 2.51. The summed E-state index contributed by atoms with van der Waals surface area (Å²) in [5.74, 6) is -1.42. The van der Waals surface area contributed by atoms with E-state index in [9.17, 15) is 9.59 Å². The summed E-state index contributed by atoms with van der Waals surface area (Å²) in [4.78, 5) is 25.5. The minimum Gasteiger partial charge on any atom is -0.465 e. The van der Waals surface area contributed by atoms with Crippen LogP contribution < -0.4 is 0 Å². The standard InChI is InChI=1S/C21H26O4/c1-5-17-14-21(19(22)24-6-2,20(23)25-7-3)15(4)18(17)13-16-11-9-8-10-12-16/h5,8-13,15,17H,1,6-7,14H2,2-4H3/b18-13+/t15-,17?/m0/s1. The number of ether oxygens (including phenoxy) is 2. The summed E-state index contributed by atoms with van der Waals surface area (Å²) >= 11 is 0. The molecule has 1 aliphatic carbocycles. The maximum absolute atomic E-state index is 12.8. The van der Waals surface area contributed by atoms with Gasteiger partial charge in [-0.3, -0.25) is 9.59 Å². The predicted molar refractivity (Wildman–Crippen MR) is 97.6 cm³/mol. The monoisotopic (exact) mass is 342 g/mol. The Hall–Kier alpha value is -2.36. The first-order valence-electron chi connectivity index (χ1n) is 8.74. The van der Waals surface area contributed by atoms with Crippen molar-refractivity contribution in [3.05, 3.63) is 54.1 Å². The molecule has 134 valence electrons. The summed E-state index contributed by atoms with van der Waals surface area (Å²) in [7, 11) is 0. The van der Waals surface area contributed by atoms with Crippen molar-refractivity contribution in [1.82, 2.24) is 0 Å². The van der Waals surface area contributed by atoms with Gasteiger partial charge < -0.3 is 9.47 Å². The van der Waals surface area contributed by atoms with Crippen LogP contribution in [0.15, 0.2) is 48.6 Å². The second-order valence-electron chi connectivity index (χ2n) is 6.24. The highest BCUT2D eigenvalue weighted by Gasteiger charge is 2.60. The van der Waals surface area contributed by atoms with Crippen molar-refractivity contribution < 1.29 is 19.1 Å². The Morgan fingerprint density at radius 2 is 1.72 bits per heavy atom.